The van der Waals surface area contributed by atoms with E-state index in [0.29, 0.717) is 34.8 Å². The zero-order valence-corrected chi connectivity index (χ0v) is 25.7. The Morgan fingerprint density at radius 2 is 1.73 bits per heavy atom. The molecule has 1 atom stereocenters. The Hall–Kier alpha value is -4.17. The lowest BCUT2D eigenvalue weighted by molar-refractivity contribution is -0.0256. The number of fused-ring (bicyclic) bond motifs is 1. The van der Waals surface area contributed by atoms with E-state index in [1.54, 1.807) is 0 Å². The number of carbonyl (C=O) groups excluding carboxylic acids is 1. The van der Waals surface area contributed by atoms with Crippen LogP contribution in [0.25, 0.3) is 22.4 Å². The van der Waals surface area contributed by atoms with Crippen molar-refractivity contribution in [1.82, 2.24) is 24.2 Å². The van der Waals surface area contributed by atoms with Gasteiger partial charge in [0.05, 0.1) is 34.6 Å². The number of anilines is 1. The van der Waals surface area contributed by atoms with Crippen molar-refractivity contribution in [3.8, 4) is 28.3 Å². The second-order valence-electron chi connectivity index (χ2n) is 10.9. The van der Waals surface area contributed by atoms with Crippen LogP contribution < -0.4 is 21.3 Å². The van der Waals surface area contributed by atoms with Gasteiger partial charge >= 0.3 is 5.69 Å². The van der Waals surface area contributed by atoms with Gasteiger partial charge in [0.2, 0.25) is 11.6 Å². The number of aromatic nitrogens is 4. The Kier molecular flexibility index (Phi) is 7.98. The van der Waals surface area contributed by atoms with E-state index in [4.69, 9.17) is 27.9 Å². The number of aryl methyl sites for hydroxylation is 2. The van der Waals surface area contributed by atoms with Crippen LogP contribution >= 0.6 is 23.2 Å². The molecule has 15 heteroatoms. The number of nitrogens with one attached hydrogen (secondary N) is 1. The number of carbonyl (C=O) groups is 1. The van der Waals surface area contributed by atoms with E-state index in [9.17, 15) is 19.5 Å². The maximum Gasteiger partial charge on any atom is 0.346 e. The zero-order valence-electron chi connectivity index (χ0n) is 24.2. The lowest BCUT2D eigenvalue weighted by Crippen LogP contribution is -2.51. The molecule has 1 amide bonds. The molecule has 1 aliphatic heterocycles. The highest BCUT2D eigenvalue weighted by Gasteiger charge is 2.38. The van der Waals surface area contributed by atoms with Crippen molar-refractivity contribution < 1.29 is 23.4 Å². The first kappa shape index (κ1) is 30.8. The van der Waals surface area contributed by atoms with Crippen molar-refractivity contribution in [2.24, 2.45) is 14.1 Å². The Bertz CT molecular complexity index is 2010. The second-order valence-corrected chi connectivity index (χ2v) is 11.6. The number of aliphatic hydroxyl groups excluding tert-OH is 1. The highest BCUT2D eigenvalue weighted by molar-refractivity contribution is 6.39. The molecule has 0 spiro atoms. The van der Waals surface area contributed by atoms with Gasteiger partial charge in [0, 0.05) is 55.5 Å². The Labute approximate surface area is 264 Å². The van der Waals surface area contributed by atoms with Crippen LogP contribution in [0.15, 0.2) is 39.9 Å². The van der Waals surface area contributed by atoms with E-state index < -0.39 is 40.0 Å². The number of aliphatic hydroxyl groups is 1. The summed E-state index contributed by atoms with van der Waals surface area (Å²) in [4.78, 5) is 44.3. The third-order valence-corrected chi connectivity index (χ3v) is 8.93. The number of benzene rings is 2. The second kappa shape index (κ2) is 11.6. The third-order valence-electron chi connectivity index (χ3n) is 8.15. The lowest BCUT2D eigenvalue weighted by Gasteiger charge is -2.40. The number of hydrogen-bond donors (Lipinski definition) is 2. The van der Waals surface area contributed by atoms with Gasteiger partial charge in [-0.3, -0.25) is 19.1 Å². The van der Waals surface area contributed by atoms with Crippen molar-refractivity contribution >= 4 is 34.8 Å². The average molecular weight is 659 g/mol. The predicted octanol–water partition coefficient (Wildman–Crippen LogP) is 3.72. The van der Waals surface area contributed by atoms with Crippen LogP contribution in [-0.4, -0.2) is 61.5 Å². The van der Waals surface area contributed by atoms with Crippen molar-refractivity contribution in [2.75, 3.05) is 25.5 Å². The van der Waals surface area contributed by atoms with Gasteiger partial charge in [0.25, 0.3) is 11.5 Å². The van der Waals surface area contributed by atoms with E-state index in [-0.39, 0.29) is 33.4 Å². The van der Waals surface area contributed by atoms with Gasteiger partial charge in [0.15, 0.2) is 0 Å². The molecule has 0 saturated carbocycles. The lowest BCUT2D eigenvalue weighted by atomic mass is 9.97. The summed E-state index contributed by atoms with van der Waals surface area (Å²) < 4.78 is 38.0. The minimum Gasteiger partial charge on any atom is -0.481 e. The molecule has 0 radical (unpaired) electrons. The van der Waals surface area contributed by atoms with Gasteiger partial charge in [0.1, 0.15) is 11.6 Å². The first-order valence-corrected chi connectivity index (χ1v) is 14.6. The molecule has 3 heterocycles. The number of β-amino-alcohol motifs (C(OH)–C–C–N with tert-alkyl or cyclic N) is 1. The zero-order chi connectivity index (χ0) is 32.3. The summed E-state index contributed by atoms with van der Waals surface area (Å²) in [5.74, 6) is -2.45. The Morgan fingerprint density at radius 3 is 2.40 bits per heavy atom. The summed E-state index contributed by atoms with van der Waals surface area (Å²) in [6.07, 6.45) is 1.17. The largest absolute Gasteiger partial charge is 0.481 e. The van der Waals surface area contributed by atoms with Crippen molar-refractivity contribution in [2.45, 2.75) is 25.0 Å². The highest BCUT2D eigenvalue weighted by atomic mass is 35.5. The molecule has 234 valence electrons. The van der Waals surface area contributed by atoms with Crippen molar-refractivity contribution in [3.63, 3.8) is 0 Å². The highest BCUT2D eigenvalue weighted by Crippen LogP contribution is 2.47. The number of methoxy groups -OCH3 is 1. The van der Waals surface area contributed by atoms with Gasteiger partial charge in [-0.25, -0.2) is 23.2 Å². The molecule has 11 nitrogen and oxygen atoms in total. The van der Waals surface area contributed by atoms with Gasteiger partial charge in [-0.2, -0.15) is 5.10 Å². The summed E-state index contributed by atoms with van der Waals surface area (Å²) in [6.45, 7) is 1.12. The van der Waals surface area contributed by atoms with Crippen LogP contribution in [0.1, 0.15) is 34.1 Å². The topological polar surface area (TPSA) is 132 Å². The normalized spacial score (nSPS) is 16.4. The average Bonchev–Trinajstić information content (AvgIpc) is 3.42. The summed E-state index contributed by atoms with van der Waals surface area (Å²) in [5.41, 5.74) is -0.699. The summed E-state index contributed by atoms with van der Waals surface area (Å²) in [7, 11) is 3.95. The fourth-order valence-electron chi connectivity index (χ4n) is 5.86. The molecule has 2 aliphatic rings. The molecule has 1 fully saturated rings. The fourth-order valence-corrected chi connectivity index (χ4v) is 6.50. The summed E-state index contributed by atoms with van der Waals surface area (Å²) >= 11 is 13.3. The van der Waals surface area contributed by atoms with Crippen LogP contribution in [0.5, 0.6) is 5.88 Å². The van der Waals surface area contributed by atoms with Crippen molar-refractivity contribution in [1.29, 1.82) is 0 Å². The van der Waals surface area contributed by atoms with E-state index in [1.807, 2.05) is 6.07 Å². The molecule has 0 bridgehead atoms. The number of hydrogen-bond acceptors (Lipinski definition) is 8. The minimum absolute atomic E-state index is 0.0427. The molecule has 4 aromatic rings. The number of likely N-dealkylation sites (tertiary alicyclic amines) is 1. The maximum absolute atomic E-state index is 15.5. The van der Waals surface area contributed by atoms with Crippen LogP contribution in [0, 0.1) is 11.6 Å². The van der Waals surface area contributed by atoms with E-state index in [0.717, 1.165) is 46.8 Å². The number of halogens is 4. The molecule has 1 aliphatic carbocycles. The standard InChI is InChI=1S/C30H26Cl2F2N6O5/c1-38-29(43)26(37-39(2)30(38)44)27(42)35-18-8-7-17(34)23(25(18)32)22-16(33)6-5-15(24(22)31)19-10-13-4-9-20(40-11-14(41)12-40)21(13)28(36-19)45-3/h5-8,10,14,20,41H,4,9,11-12H2,1-3H3,(H,35,42). The van der Waals surface area contributed by atoms with E-state index >= 15 is 8.78 Å². The smallest absolute Gasteiger partial charge is 0.346 e. The number of amides is 1. The molecular weight excluding hydrogens is 633 g/mol. The number of nitrogens with zero attached hydrogens (tertiary/aromatic N) is 5. The molecule has 6 rings (SSSR count). The third kappa shape index (κ3) is 5.19. The molecular formula is C30H26Cl2F2N6O5. The van der Waals surface area contributed by atoms with Gasteiger partial charge in [-0.1, -0.05) is 23.2 Å². The Balaban J connectivity index is 1.40. The fraction of sp³-hybridized carbons (Fsp3) is 0.300. The van der Waals surface area contributed by atoms with E-state index in [1.165, 1.54) is 27.3 Å². The molecule has 2 N–H and O–H groups in total. The number of pyridine rings is 1. The van der Waals surface area contributed by atoms with Crippen LogP contribution in [-0.2, 0) is 20.5 Å². The minimum atomic E-state index is -1.02. The van der Waals surface area contributed by atoms with Crippen LogP contribution in [0.4, 0.5) is 14.5 Å². The number of rotatable bonds is 6. The summed E-state index contributed by atoms with van der Waals surface area (Å²) in [5, 5.41) is 15.3. The van der Waals surface area contributed by atoms with Crippen LogP contribution in [0.2, 0.25) is 10.0 Å². The molecule has 2 aromatic heterocycles. The van der Waals surface area contributed by atoms with Gasteiger partial charge < -0.3 is 15.2 Å². The predicted molar refractivity (Wildman–Crippen MR) is 163 cm³/mol. The summed E-state index contributed by atoms with van der Waals surface area (Å²) in [6, 6.07) is 6.53. The van der Waals surface area contributed by atoms with Gasteiger partial charge in [-0.15, -0.1) is 0 Å². The molecule has 1 saturated heterocycles. The molecule has 1 unspecified atom stereocenters. The monoisotopic (exact) mass is 658 g/mol. The molecule has 45 heavy (non-hydrogen) atoms. The Morgan fingerprint density at radius 1 is 1.07 bits per heavy atom. The van der Waals surface area contributed by atoms with Crippen LogP contribution in [0.3, 0.4) is 0 Å². The van der Waals surface area contributed by atoms with Crippen molar-refractivity contribution in [3.05, 3.63) is 89.7 Å². The molecule has 2 aromatic carbocycles. The number of ether oxygens (including phenoxy) is 1. The van der Waals surface area contributed by atoms with Gasteiger partial charge in [-0.05, 0) is 48.7 Å². The first-order chi connectivity index (χ1) is 21.4. The SMILES string of the molecule is COc1nc(-c2ccc(F)c(-c3c(F)ccc(NC(=O)c4nn(C)c(=O)n(C)c4=O)c3Cl)c2Cl)cc2c1C(N1CC(O)C1)CC2. The van der Waals surface area contributed by atoms with E-state index in [2.05, 4.69) is 20.3 Å². The quantitative estimate of drug-likeness (QED) is 0.321. The maximum atomic E-state index is 15.5. The first-order valence-electron chi connectivity index (χ1n) is 13.8.